The van der Waals surface area contributed by atoms with Gasteiger partial charge in [0.25, 0.3) is 0 Å². The number of hydrogen-bond donors (Lipinski definition) is 2. The number of hydrogen-bond acceptors (Lipinski definition) is 5. The number of phenols is 1. The topological polar surface area (TPSA) is 74.6 Å². The minimum absolute atomic E-state index is 0.0946. The third-order valence-electron chi connectivity index (χ3n) is 2.72. The first kappa shape index (κ1) is 15.7. The molecule has 21 heavy (non-hydrogen) atoms. The summed E-state index contributed by atoms with van der Waals surface area (Å²) in [6.07, 6.45) is 2.73. The number of carboxylic acids is 1. The van der Waals surface area contributed by atoms with Crippen LogP contribution in [0.5, 0.6) is 5.75 Å². The monoisotopic (exact) mass is 322 g/mol. The lowest BCUT2D eigenvalue weighted by Crippen LogP contribution is -2.11. The summed E-state index contributed by atoms with van der Waals surface area (Å²) in [5.74, 6) is -0.836. The number of carbonyl (C=O) groups excluding carboxylic acids is 1. The molecule has 0 aromatic heterocycles. The lowest BCUT2D eigenvalue weighted by molar-refractivity contribution is -0.134. The van der Waals surface area contributed by atoms with E-state index < -0.39 is 11.8 Å². The van der Waals surface area contributed by atoms with Gasteiger partial charge in [0.2, 0.25) is 0 Å². The van der Waals surface area contributed by atoms with Crippen LogP contribution < -0.4 is 0 Å². The van der Waals surface area contributed by atoms with Gasteiger partial charge >= 0.3 is 5.97 Å². The van der Waals surface area contributed by atoms with E-state index in [1.54, 1.807) is 12.1 Å². The van der Waals surface area contributed by atoms with Crippen LogP contribution in [0.3, 0.4) is 0 Å². The molecule has 0 amide bonds. The SMILES string of the molecule is CC1CS/C(=C(\C(=O)O)C(=O)/C=C/c2cccc(O)c2)S1. The van der Waals surface area contributed by atoms with Crippen molar-refractivity contribution in [3.63, 3.8) is 0 Å². The fourth-order valence-electron chi connectivity index (χ4n) is 1.75. The maximum atomic E-state index is 12.1. The Kier molecular flexibility index (Phi) is 5.14. The van der Waals surface area contributed by atoms with Crippen molar-refractivity contribution < 1.29 is 19.8 Å². The van der Waals surface area contributed by atoms with E-state index in [2.05, 4.69) is 0 Å². The van der Waals surface area contributed by atoms with Crippen molar-refractivity contribution in [3.8, 4) is 5.75 Å². The Morgan fingerprint density at radius 3 is 2.71 bits per heavy atom. The van der Waals surface area contributed by atoms with E-state index in [0.29, 0.717) is 15.1 Å². The van der Waals surface area contributed by atoms with Crippen molar-refractivity contribution in [1.82, 2.24) is 0 Å². The predicted octanol–water partition coefficient (Wildman–Crippen LogP) is 3.14. The van der Waals surface area contributed by atoms with Gasteiger partial charge in [0.1, 0.15) is 11.3 Å². The van der Waals surface area contributed by atoms with Gasteiger partial charge in [-0.05, 0) is 23.8 Å². The molecular weight excluding hydrogens is 308 g/mol. The van der Waals surface area contributed by atoms with Gasteiger partial charge in [0, 0.05) is 11.0 Å². The average Bonchev–Trinajstić information content (AvgIpc) is 2.82. The number of carbonyl (C=O) groups is 2. The number of aliphatic carboxylic acids is 1. The van der Waals surface area contributed by atoms with E-state index in [9.17, 15) is 19.8 Å². The van der Waals surface area contributed by atoms with Crippen LogP contribution in [0.1, 0.15) is 12.5 Å². The number of aromatic hydroxyl groups is 1. The molecule has 1 atom stereocenters. The molecule has 1 aromatic rings. The molecule has 6 heteroatoms. The van der Waals surface area contributed by atoms with Crippen LogP contribution in [0.25, 0.3) is 6.08 Å². The zero-order valence-corrected chi connectivity index (χ0v) is 12.9. The van der Waals surface area contributed by atoms with Crippen LogP contribution in [-0.2, 0) is 9.59 Å². The number of rotatable bonds is 4. The Morgan fingerprint density at radius 1 is 1.38 bits per heavy atom. The van der Waals surface area contributed by atoms with Crippen molar-refractivity contribution in [3.05, 3.63) is 45.7 Å². The first-order chi connectivity index (χ1) is 9.97. The Balaban J connectivity index is 2.22. The second kappa shape index (κ2) is 6.87. The third-order valence-corrected chi connectivity index (χ3v) is 5.69. The molecule has 1 heterocycles. The van der Waals surface area contributed by atoms with E-state index in [0.717, 1.165) is 5.75 Å². The lowest BCUT2D eigenvalue weighted by Gasteiger charge is -2.02. The molecule has 0 spiro atoms. The molecule has 110 valence electrons. The zero-order chi connectivity index (χ0) is 15.4. The van der Waals surface area contributed by atoms with E-state index >= 15 is 0 Å². The summed E-state index contributed by atoms with van der Waals surface area (Å²) in [7, 11) is 0. The predicted molar refractivity (Wildman–Crippen MR) is 86.3 cm³/mol. The molecule has 0 saturated carbocycles. The van der Waals surface area contributed by atoms with Gasteiger partial charge in [-0.15, -0.1) is 23.5 Å². The van der Waals surface area contributed by atoms with Crippen LogP contribution in [0, 0.1) is 0 Å². The van der Waals surface area contributed by atoms with E-state index in [1.165, 1.54) is 47.8 Å². The van der Waals surface area contributed by atoms with E-state index in [-0.39, 0.29) is 11.3 Å². The molecule has 0 aliphatic carbocycles. The smallest absolute Gasteiger partial charge is 0.341 e. The zero-order valence-electron chi connectivity index (χ0n) is 11.3. The van der Waals surface area contributed by atoms with E-state index in [4.69, 9.17) is 0 Å². The summed E-state index contributed by atoms with van der Waals surface area (Å²) in [4.78, 5) is 23.4. The molecule has 0 radical (unpaired) electrons. The second-order valence-electron chi connectivity index (χ2n) is 4.50. The van der Waals surface area contributed by atoms with Crippen molar-refractivity contribution in [2.45, 2.75) is 12.2 Å². The third kappa shape index (κ3) is 4.15. The minimum Gasteiger partial charge on any atom is -0.508 e. The highest BCUT2D eigenvalue weighted by atomic mass is 32.2. The molecule has 2 N–H and O–H groups in total. The molecule has 1 aliphatic heterocycles. The van der Waals surface area contributed by atoms with Gasteiger partial charge in [0.05, 0.1) is 4.24 Å². The van der Waals surface area contributed by atoms with Crippen molar-refractivity contribution in [2.75, 3.05) is 5.75 Å². The summed E-state index contributed by atoms with van der Waals surface area (Å²) in [5, 5.41) is 18.9. The molecule has 1 aromatic carbocycles. The Bertz CT molecular complexity index is 634. The van der Waals surface area contributed by atoms with Crippen molar-refractivity contribution in [1.29, 1.82) is 0 Å². The summed E-state index contributed by atoms with van der Waals surface area (Å²) in [6, 6.07) is 6.40. The first-order valence-electron chi connectivity index (χ1n) is 6.26. The molecule has 1 fully saturated rings. The van der Waals surface area contributed by atoms with E-state index in [1.807, 2.05) is 6.92 Å². The van der Waals surface area contributed by atoms with Gasteiger partial charge < -0.3 is 10.2 Å². The van der Waals surface area contributed by atoms with Gasteiger partial charge in [-0.2, -0.15) is 0 Å². The van der Waals surface area contributed by atoms with Crippen LogP contribution in [0.15, 0.2) is 40.2 Å². The largest absolute Gasteiger partial charge is 0.508 e. The van der Waals surface area contributed by atoms with Crippen LogP contribution in [-0.4, -0.2) is 33.0 Å². The van der Waals surface area contributed by atoms with Crippen molar-refractivity contribution >= 4 is 41.4 Å². The second-order valence-corrected chi connectivity index (χ2v) is 7.24. The molecule has 1 unspecified atom stereocenters. The van der Waals surface area contributed by atoms with Crippen molar-refractivity contribution in [2.24, 2.45) is 0 Å². The number of phenolic OH excluding ortho intramolecular Hbond substituents is 1. The number of thioether (sulfide) groups is 2. The molecular formula is C15H14O4S2. The maximum Gasteiger partial charge on any atom is 0.341 e. The van der Waals surface area contributed by atoms with Crippen LogP contribution >= 0.6 is 23.5 Å². The van der Waals surface area contributed by atoms with Gasteiger partial charge in [0.15, 0.2) is 5.78 Å². The Hall–Kier alpha value is -1.66. The average molecular weight is 322 g/mol. The number of benzene rings is 1. The summed E-state index contributed by atoms with van der Waals surface area (Å²) >= 11 is 2.83. The van der Waals surface area contributed by atoms with Gasteiger partial charge in [-0.25, -0.2) is 4.79 Å². The van der Waals surface area contributed by atoms with Gasteiger partial charge in [-0.1, -0.05) is 25.1 Å². The maximum absolute atomic E-state index is 12.1. The highest BCUT2D eigenvalue weighted by Crippen LogP contribution is 2.43. The summed E-state index contributed by atoms with van der Waals surface area (Å²) < 4.78 is 0.570. The fraction of sp³-hybridized carbons (Fsp3) is 0.200. The van der Waals surface area contributed by atoms with Crippen LogP contribution in [0.2, 0.25) is 0 Å². The summed E-state index contributed by atoms with van der Waals surface area (Å²) in [5.41, 5.74) is 0.462. The lowest BCUT2D eigenvalue weighted by atomic mass is 10.1. The fourth-order valence-corrected chi connectivity index (χ4v) is 4.59. The molecule has 0 bridgehead atoms. The quantitative estimate of drug-likeness (QED) is 0.504. The summed E-state index contributed by atoms with van der Waals surface area (Å²) in [6.45, 7) is 2.00. The number of carboxylic acid groups (broad SMARTS) is 1. The highest BCUT2D eigenvalue weighted by molar-refractivity contribution is 8.25. The first-order valence-corrected chi connectivity index (χ1v) is 8.12. The Labute approximate surface area is 130 Å². The molecule has 1 aliphatic rings. The molecule has 2 rings (SSSR count). The van der Waals surface area contributed by atoms with Gasteiger partial charge in [-0.3, -0.25) is 4.79 Å². The Morgan fingerprint density at radius 2 is 2.14 bits per heavy atom. The normalized spacial score (nSPS) is 20.7. The number of ketones is 1. The minimum atomic E-state index is -1.20. The van der Waals surface area contributed by atoms with Crippen LogP contribution in [0.4, 0.5) is 0 Å². The molecule has 4 nitrogen and oxygen atoms in total. The highest BCUT2D eigenvalue weighted by Gasteiger charge is 2.27. The molecule has 1 saturated heterocycles. The standard InChI is InChI=1S/C15H14O4S2/c1-9-8-20-15(21-9)13(14(18)19)12(17)6-5-10-3-2-4-11(16)7-10/h2-7,9,16H,8H2,1H3,(H,18,19)/b6-5+,15-13+. The number of allylic oxidation sites excluding steroid dienone is 1.